The Morgan fingerprint density at radius 3 is 2.79 bits per heavy atom. The minimum Gasteiger partial charge on any atom is -0.444 e. The molecule has 3 rings (SSSR count). The lowest BCUT2D eigenvalue weighted by atomic mass is 10.1. The van der Waals surface area contributed by atoms with E-state index in [-0.39, 0.29) is 12.1 Å². The third-order valence-electron chi connectivity index (χ3n) is 4.46. The fraction of sp³-hybridized carbons (Fsp3) is 0.526. The number of halogens is 1. The normalized spacial score (nSPS) is 21.2. The zero-order valence-electron chi connectivity index (χ0n) is 14.7. The van der Waals surface area contributed by atoms with Crippen LogP contribution in [0, 0.1) is 6.92 Å². The Balaban J connectivity index is 1.71. The van der Waals surface area contributed by atoms with Gasteiger partial charge >= 0.3 is 6.09 Å². The number of ether oxygens (including phenoxy) is 1. The van der Waals surface area contributed by atoms with Gasteiger partial charge in [-0.25, -0.2) is 4.79 Å². The van der Waals surface area contributed by atoms with E-state index in [1.165, 1.54) is 16.5 Å². The lowest BCUT2D eigenvalue weighted by molar-refractivity contribution is 0.0505. The van der Waals surface area contributed by atoms with Gasteiger partial charge in [-0.15, -0.1) is 0 Å². The topological polar surface area (TPSA) is 43.3 Å². The van der Waals surface area contributed by atoms with E-state index < -0.39 is 5.60 Å². The van der Waals surface area contributed by atoms with Gasteiger partial charge in [0.2, 0.25) is 0 Å². The second-order valence-corrected chi connectivity index (χ2v) is 8.57. The number of aryl methyl sites for hydroxylation is 1. The highest BCUT2D eigenvalue weighted by Crippen LogP contribution is 2.36. The maximum atomic E-state index is 12.0. The van der Waals surface area contributed by atoms with E-state index in [4.69, 9.17) is 4.74 Å². The molecule has 1 aliphatic rings. The second-order valence-electron chi connectivity index (χ2n) is 7.71. The van der Waals surface area contributed by atoms with Crippen LogP contribution in [0.25, 0.3) is 10.9 Å². The molecule has 0 unspecified atom stereocenters. The van der Waals surface area contributed by atoms with Crippen LogP contribution < -0.4 is 5.32 Å². The van der Waals surface area contributed by atoms with Crippen molar-refractivity contribution in [3.8, 4) is 0 Å². The van der Waals surface area contributed by atoms with Gasteiger partial charge in [0.05, 0.1) is 0 Å². The number of carbonyl (C=O) groups is 1. The largest absolute Gasteiger partial charge is 0.444 e. The van der Waals surface area contributed by atoms with E-state index in [1.807, 2.05) is 20.8 Å². The van der Waals surface area contributed by atoms with Gasteiger partial charge in [0.1, 0.15) is 5.60 Å². The number of amides is 1. The highest BCUT2D eigenvalue weighted by molar-refractivity contribution is 9.10. The highest BCUT2D eigenvalue weighted by atomic mass is 79.9. The summed E-state index contributed by atoms with van der Waals surface area (Å²) in [6.07, 6.45) is 4.83. The van der Waals surface area contributed by atoms with Crippen molar-refractivity contribution in [2.24, 2.45) is 0 Å². The molecule has 2 aromatic rings. The molecule has 1 saturated carbocycles. The summed E-state index contributed by atoms with van der Waals surface area (Å²) in [5.74, 6) is 0. The number of nitrogens with one attached hydrogen (secondary N) is 1. The lowest BCUT2D eigenvalue weighted by Gasteiger charge is -2.22. The first-order valence-electron chi connectivity index (χ1n) is 8.49. The van der Waals surface area contributed by atoms with E-state index in [2.05, 4.69) is 57.1 Å². The quantitative estimate of drug-likeness (QED) is 0.750. The van der Waals surface area contributed by atoms with Crippen molar-refractivity contribution in [2.45, 2.75) is 64.6 Å². The summed E-state index contributed by atoms with van der Waals surface area (Å²) in [6, 6.07) is 7.12. The molecule has 24 heavy (non-hydrogen) atoms. The van der Waals surface area contributed by atoms with Gasteiger partial charge in [-0.2, -0.15) is 0 Å². The zero-order chi connectivity index (χ0) is 17.5. The predicted octanol–water partition coefficient (Wildman–Crippen LogP) is 5.33. The molecule has 1 amide bonds. The number of aromatic nitrogens is 1. The molecule has 2 atom stereocenters. The monoisotopic (exact) mass is 392 g/mol. The van der Waals surface area contributed by atoms with E-state index in [1.54, 1.807) is 0 Å². The predicted molar refractivity (Wildman–Crippen MR) is 100 cm³/mol. The first-order chi connectivity index (χ1) is 11.2. The van der Waals surface area contributed by atoms with Crippen LogP contribution in [0.4, 0.5) is 4.79 Å². The molecule has 130 valence electrons. The molecule has 1 aromatic carbocycles. The molecule has 1 fully saturated rings. The second kappa shape index (κ2) is 6.43. The van der Waals surface area contributed by atoms with Gasteiger partial charge in [-0.1, -0.05) is 11.6 Å². The molecule has 1 aliphatic carbocycles. The first kappa shape index (κ1) is 17.3. The number of fused-ring (bicyclic) bond motifs is 1. The Bertz CT molecular complexity index is 761. The van der Waals surface area contributed by atoms with E-state index in [0.29, 0.717) is 6.04 Å². The van der Waals surface area contributed by atoms with Gasteiger partial charge in [0.25, 0.3) is 0 Å². The Hall–Kier alpha value is -1.49. The molecule has 0 saturated heterocycles. The molecule has 4 nitrogen and oxygen atoms in total. The lowest BCUT2D eigenvalue weighted by Crippen LogP contribution is -2.38. The number of carbonyl (C=O) groups excluding carboxylic acids is 1. The van der Waals surface area contributed by atoms with Crippen molar-refractivity contribution >= 4 is 32.9 Å². The van der Waals surface area contributed by atoms with Crippen LogP contribution in [-0.4, -0.2) is 22.3 Å². The molecule has 1 N–H and O–H groups in total. The van der Waals surface area contributed by atoms with Gasteiger partial charge in [0.15, 0.2) is 0 Å². The van der Waals surface area contributed by atoms with Crippen molar-refractivity contribution in [3.63, 3.8) is 0 Å². The minimum atomic E-state index is -0.457. The summed E-state index contributed by atoms with van der Waals surface area (Å²) in [4.78, 5) is 12.0. The van der Waals surface area contributed by atoms with Crippen LogP contribution in [-0.2, 0) is 4.74 Å². The zero-order valence-corrected chi connectivity index (χ0v) is 16.3. The number of benzene rings is 1. The Morgan fingerprint density at radius 2 is 2.08 bits per heavy atom. The fourth-order valence-corrected chi connectivity index (χ4v) is 3.98. The van der Waals surface area contributed by atoms with Crippen LogP contribution in [0.2, 0.25) is 0 Å². The van der Waals surface area contributed by atoms with Gasteiger partial charge < -0.3 is 14.6 Å². The Morgan fingerprint density at radius 1 is 1.33 bits per heavy atom. The smallest absolute Gasteiger partial charge is 0.407 e. The molecule has 1 heterocycles. The van der Waals surface area contributed by atoms with Crippen LogP contribution in [0.15, 0.2) is 28.9 Å². The minimum absolute atomic E-state index is 0.173. The summed E-state index contributed by atoms with van der Waals surface area (Å²) >= 11 is 3.68. The number of rotatable bonds is 2. The van der Waals surface area contributed by atoms with Gasteiger partial charge in [-0.05, 0) is 75.0 Å². The van der Waals surface area contributed by atoms with E-state index >= 15 is 0 Å². The molecule has 0 aliphatic heterocycles. The number of alkyl carbamates (subject to hydrolysis) is 1. The molecule has 0 radical (unpaired) electrons. The van der Waals surface area contributed by atoms with Crippen molar-refractivity contribution in [1.82, 2.24) is 9.88 Å². The standard InChI is InChI=1S/C19H25BrN2O2/c1-12-5-8-17-15(9-12)16(20)11-22(17)14-7-6-13(10-14)21-18(23)24-19(2,3)4/h5,8-9,11,13-14H,6-7,10H2,1-4H3,(H,21,23)/t13-,14+/m1/s1. The van der Waals surface area contributed by atoms with Gasteiger partial charge in [0, 0.05) is 33.7 Å². The van der Waals surface area contributed by atoms with Crippen LogP contribution >= 0.6 is 15.9 Å². The molecule has 5 heteroatoms. The molecular weight excluding hydrogens is 368 g/mol. The SMILES string of the molecule is Cc1ccc2c(c1)c(Br)cn2[C@H]1CC[C@@H](NC(=O)OC(C)(C)C)C1. The summed E-state index contributed by atoms with van der Waals surface area (Å²) in [7, 11) is 0. The molecule has 0 bridgehead atoms. The number of nitrogens with zero attached hydrogens (tertiary/aromatic N) is 1. The number of hydrogen-bond donors (Lipinski definition) is 1. The van der Waals surface area contributed by atoms with Gasteiger partial charge in [-0.3, -0.25) is 0 Å². The van der Waals surface area contributed by atoms with Crippen LogP contribution in [0.1, 0.15) is 51.6 Å². The maximum absolute atomic E-state index is 12.0. The first-order valence-corrected chi connectivity index (χ1v) is 9.28. The Labute approximate surface area is 151 Å². The molecule has 0 spiro atoms. The summed E-state index contributed by atoms with van der Waals surface area (Å²) in [5, 5.41) is 4.26. The fourth-order valence-electron chi connectivity index (χ4n) is 3.45. The average Bonchev–Trinajstić information content (AvgIpc) is 3.02. The maximum Gasteiger partial charge on any atom is 0.407 e. The average molecular weight is 393 g/mol. The third kappa shape index (κ3) is 3.77. The van der Waals surface area contributed by atoms with Crippen LogP contribution in [0.5, 0.6) is 0 Å². The van der Waals surface area contributed by atoms with E-state index in [9.17, 15) is 4.79 Å². The number of hydrogen-bond acceptors (Lipinski definition) is 2. The molecular formula is C19H25BrN2O2. The highest BCUT2D eigenvalue weighted by Gasteiger charge is 2.29. The third-order valence-corrected chi connectivity index (χ3v) is 5.09. The Kier molecular flexibility index (Phi) is 4.65. The summed E-state index contributed by atoms with van der Waals surface area (Å²) in [5.41, 5.74) is 2.05. The summed E-state index contributed by atoms with van der Waals surface area (Å²) in [6.45, 7) is 7.76. The van der Waals surface area contributed by atoms with Crippen molar-refractivity contribution < 1.29 is 9.53 Å². The van der Waals surface area contributed by atoms with Crippen molar-refractivity contribution in [2.75, 3.05) is 0 Å². The van der Waals surface area contributed by atoms with Crippen LogP contribution in [0.3, 0.4) is 0 Å². The molecule has 1 aromatic heterocycles. The van der Waals surface area contributed by atoms with Crippen molar-refractivity contribution in [1.29, 1.82) is 0 Å². The summed E-state index contributed by atoms with van der Waals surface area (Å²) < 4.78 is 8.84. The van der Waals surface area contributed by atoms with Crippen molar-refractivity contribution in [3.05, 3.63) is 34.4 Å². The van der Waals surface area contributed by atoms with E-state index in [0.717, 1.165) is 23.7 Å².